The smallest absolute Gasteiger partial charge is 0.387 e. The van der Waals surface area contributed by atoms with E-state index >= 15 is 0 Å². The molecule has 0 saturated heterocycles. The first kappa shape index (κ1) is 24.2. The largest absolute Gasteiger partial charge is 0.493 e. The molecule has 3 rings (SSSR count). The fraction of sp³-hybridized carbons (Fsp3) is 0.261. The van der Waals surface area contributed by atoms with E-state index in [0.29, 0.717) is 11.4 Å². The molecule has 7 nitrogen and oxygen atoms in total. The zero-order valence-corrected chi connectivity index (χ0v) is 18.6. The predicted molar refractivity (Wildman–Crippen MR) is 117 cm³/mol. The third kappa shape index (κ3) is 5.70. The van der Waals surface area contributed by atoms with Gasteiger partial charge in [-0.15, -0.1) is 0 Å². The Balaban J connectivity index is 1.91. The molecule has 0 amide bonds. The van der Waals surface area contributed by atoms with Crippen LogP contribution in [0.4, 0.5) is 8.78 Å². The van der Waals surface area contributed by atoms with Crippen molar-refractivity contribution in [2.75, 3.05) is 14.2 Å². The molecule has 1 aromatic heterocycles. The van der Waals surface area contributed by atoms with Gasteiger partial charge in [-0.25, -0.2) is 0 Å². The lowest BCUT2D eigenvalue weighted by Gasteiger charge is -2.24. The van der Waals surface area contributed by atoms with Crippen molar-refractivity contribution in [3.05, 3.63) is 77.8 Å². The van der Waals surface area contributed by atoms with Crippen molar-refractivity contribution < 1.29 is 36.8 Å². The molecule has 0 bridgehead atoms. The summed E-state index contributed by atoms with van der Waals surface area (Å²) in [6.45, 7) is -3.12. The number of rotatable bonds is 10. The van der Waals surface area contributed by atoms with Crippen molar-refractivity contribution in [3.63, 3.8) is 0 Å². The summed E-state index contributed by atoms with van der Waals surface area (Å²) in [5.74, 6) is -2.71. The van der Waals surface area contributed by atoms with E-state index in [2.05, 4.69) is 9.72 Å². The highest BCUT2D eigenvalue weighted by molar-refractivity contribution is 7.85. The SMILES string of the molecule is COc1ccnc(CS(=O)C2C=CC(OC(F)F)=CC2C(=O)C(=O)c2ccccc2)c1OC. The molecule has 174 valence electrons. The topological polar surface area (TPSA) is 91.8 Å². The van der Waals surface area contributed by atoms with Crippen LogP contribution in [0, 0.1) is 5.92 Å². The summed E-state index contributed by atoms with van der Waals surface area (Å²) in [5.41, 5.74) is 0.463. The second-order valence-electron chi connectivity index (χ2n) is 6.87. The fourth-order valence-electron chi connectivity index (χ4n) is 3.36. The number of carbonyl (C=O) groups excluding carboxylic acids is 2. The van der Waals surface area contributed by atoms with E-state index in [1.807, 2.05) is 0 Å². The van der Waals surface area contributed by atoms with Crippen LogP contribution in [0.3, 0.4) is 0 Å². The molecule has 33 heavy (non-hydrogen) atoms. The van der Waals surface area contributed by atoms with Gasteiger partial charge in [0.05, 0.1) is 36.8 Å². The second-order valence-corrected chi connectivity index (χ2v) is 8.47. The minimum Gasteiger partial charge on any atom is -0.493 e. The van der Waals surface area contributed by atoms with Crippen LogP contribution in [0.15, 0.2) is 66.6 Å². The first-order valence-electron chi connectivity index (χ1n) is 9.77. The number of hydrogen-bond acceptors (Lipinski definition) is 7. The zero-order chi connectivity index (χ0) is 24.0. The van der Waals surface area contributed by atoms with Crippen LogP contribution >= 0.6 is 0 Å². The van der Waals surface area contributed by atoms with Crippen molar-refractivity contribution in [3.8, 4) is 11.5 Å². The van der Waals surface area contributed by atoms with Gasteiger partial charge in [0.15, 0.2) is 11.5 Å². The standard InChI is InChI=1S/C23H21F2NO6S/c1-30-18-10-11-26-17(22(18)31-2)13-33(29)19-9-8-15(32-23(24)25)12-16(19)21(28)20(27)14-6-4-3-5-7-14/h3-12,16,19,23H,13H2,1-2H3. The molecular weight excluding hydrogens is 456 g/mol. The van der Waals surface area contributed by atoms with Crippen molar-refractivity contribution in [2.45, 2.75) is 17.6 Å². The Morgan fingerprint density at radius 3 is 2.48 bits per heavy atom. The second kappa shape index (κ2) is 11.0. The average Bonchev–Trinajstić information content (AvgIpc) is 2.82. The third-order valence-electron chi connectivity index (χ3n) is 4.88. The Kier molecular flexibility index (Phi) is 8.05. The number of ketones is 2. The highest BCUT2D eigenvalue weighted by Crippen LogP contribution is 2.32. The van der Waals surface area contributed by atoms with Crippen LogP contribution in [-0.2, 0) is 26.1 Å². The number of alkyl halides is 2. The van der Waals surface area contributed by atoms with Crippen molar-refractivity contribution in [2.24, 2.45) is 5.92 Å². The molecule has 0 radical (unpaired) electrons. The highest BCUT2D eigenvalue weighted by Gasteiger charge is 2.36. The molecule has 1 aliphatic carbocycles. The van der Waals surface area contributed by atoms with Gasteiger partial charge < -0.3 is 14.2 Å². The molecule has 3 unspecified atom stereocenters. The number of aromatic nitrogens is 1. The quantitative estimate of drug-likeness (QED) is 0.382. The number of nitrogens with zero attached hydrogens (tertiary/aromatic N) is 1. The van der Waals surface area contributed by atoms with Gasteiger partial charge in [-0.05, 0) is 12.2 Å². The first-order chi connectivity index (χ1) is 15.8. The molecule has 0 saturated carbocycles. The van der Waals surface area contributed by atoms with E-state index in [1.54, 1.807) is 24.3 Å². The number of pyridine rings is 1. The van der Waals surface area contributed by atoms with Crippen molar-refractivity contribution in [1.82, 2.24) is 4.98 Å². The first-order valence-corrected chi connectivity index (χ1v) is 11.1. The number of carbonyl (C=O) groups is 2. The van der Waals surface area contributed by atoms with E-state index in [9.17, 15) is 22.6 Å². The molecule has 1 aliphatic rings. The van der Waals surface area contributed by atoms with E-state index in [-0.39, 0.29) is 22.8 Å². The number of hydrogen-bond donors (Lipinski definition) is 0. The predicted octanol–water partition coefficient (Wildman–Crippen LogP) is 3.48. The lowest BCUT2D eigenvalue weighted by Crippen LogP contribution is -2.36. The van der Waals surface area contributed by atoms with E-state index in [0.717, 1.165) is 6.08 Å². The Labute approximate surface area is 191 Å². The van der Waals surface area contributed by atoms with Gasteiger partial charge in [0.25, 0.3) is 0 Å². The maximum Gasteiger partial charge on any atom is 0.387 e. The number of Topliss-reactive ketones (excluding diaryl/α,β-unsaturated/α-hetero) is 2. The Morgan fingerprint density at radius 1 is 1.12 bits per heavy atom. The Bertz CT molecular complexity index is 1100. The van der Waals surface area contributed by atoms with E-state index in [4.69, 9.17) is 9.47 Å². The van der Waals surface area contributed by atoms with Crippen LogP contribution in [0.2, 0.25) is 0 Å². The molecule has 1 heterocycles. The minimum absolute atomic E-state index is 0.127. The molecule has 0 fully saturated rings. The lowest BCUT2D eigenvalue weighted by molar-refractivity contribution is -0.117. The van der Waals surface area contributed by atoms with Gasteiger partial charge in [-0.2, -0.15) is 8.78 Å². The van der Waals surface area contributed by atoms with Crippen molar-refractivity contribution in [1.29, 1.82) is 0 Å². The van der Waals surface area contributed by atoms with Gasteiger partial charge in [0.1, 0.15) is 5.76 Å². The fourth-order valence-corrected chi connectivity index (χ4v) is 4.81. The van der Waals surface area contributed by atoms with Gasteiger partial charge in [0.2, 0.25) is 11.6 Å². The summed E-state index contributed by atoms with van der Waals surface area (Å²) in [4.78, 5) is 30.0. The van der Waals surface area contributed by atoms with Gasteiger partial charge >= 0.3 is 6.61 Å². The van der Waals surface area contributed by atoms with Gasteiger partial charge in [-0.1, -0.05) is 36.4 Å². The van der Waals surface area contributed by atoms with Crippen LogP contribution in [0.25, 0.3) is 0 Å². The molecule has 10 heteroatoms. The third-order valence-corrected chi connectivity index (χ3v) is 6.50. The Morgan fingerprint density at radius 2 is 1.85 bits per heavy atom. The zero-order valence-electron chi connectivity index (χ0n) is 17.8. The summed E-state index contributed by atoms with van der Waals surface area (Å²) in [6, 6.07) is 9.39. The number of benzene rings is 1. The average molecular weight is 477 g/mol. The van der Waals surface area contributed by atoms with Crippen LogP contribution in [0.5, 0.6) is 11.5 Å². The summed E-state index contributed by atoms with van der Waals surface area (Å²) >= 11 is 0. The van der Waals surface area contributed by atoms with Crippen LogP contribution in [0.1, 0.15) is 16.1 Å². The van der Waals surface area contributed by atoms with Gasteiger partial charge in [-0.3, -0.25) is 18.8 Å². The summed E-state index contributed by atoms with van der Waals surface area (Å²) in [5, 5.41) is -0.979. The van der Waals surface area contributed by atoms with Crippen molar-refractivity contribution >= 4 is 22.4 Å². The molecule has 0 N–H and O–H groups in total. The monoisotopic (exact) mass is 477 g/mol. The normalized spacial score (nSPS) is 18.4. The Hall–Kier alpha value is -3.40. The number of allylic oxidation sites excluding steroid dienone is 2. The number of methoxy groups -OCH3 is 2. The molecule has 1 aromatic carbocycles. The number of halogens is 2. The summed E-state index contributed by atoms with van der Waals surface area (Å²) < 4.78 is 53.7. The summed E-state index contributed by atoms with van der Waals surface area (Å²) in [6.07, 6.45) is 5.11. The molecule has 0 spiro atoms. The number of ether oxygens (including phenoxy) is 3. The lowest BCUT2D eigenvalue weighted by atomic mass is 9.90. The van der Waals surface area contributed by atoms with Gasteiger partial charge in [0, 0.05) is 28.6 Å². The van der Waals surface area contributed by atoms with E-state index < -0.39 is 40.1 Å². The maximum atomic E-state index is 13.3. The van der Waals surface area contributed by atoms with Crippen LogP contribution in [-0.4, -0.2) is 46.8 Å². The van der Waals surface area contributed by atoms with Crippen LogP contribution < -0.4 is 9.47 Å². The van der Waals surface area contributed by atoms with E-state index in [1.165, 1.54) is 44.7 Å². The molecule has 3 atom stereocenters. The molecule has 0 aliphatic heterocycles. The summed E-state index contributed by atoms with van der Waals surface area (Å²) in [7, 11) is 1.08. The molecular formula is C23H21F2NO6S. The molecule has 2 aromatic rings. The maximum absolute atomic E-state index is 13.3. The minimum atomic E-state index is -3.12. The highest BCUT2D eigenvalue weighted by atomic mass is 32.2.